The Kier molecular flexibility index (Phi) is 7.33. The van der Waals surface area contributed by atoms with E-state index in [0.29, 0.717) is 0 Å². The average Bonchev–Trinajstić information content (AvgIpc) is 2.85. The van der Waals surface area contributed by atoms with E-state index in [4.69, 9.17) is 4.98 Å². The monoisotopic (exact) mass is 328 g/mol. The highest BCUT2D eigenvalue weighted by molar-refractivity contribution is 5.75. The van der Waals surface area contributed by atoms with Crippen molar-refractivity contribution in [1.82, 2.24) is 9.55 Å². The van der Waals surface area contributed by atoms with Gasteiger partial charge in [0.2, 0.25) is 0 Å². The second-order valence-corrected chi connectivity index (χ2v) is 8.38. The van der Waals surface area contributed by atoms with Crippen LogP contribution in [0.4, 0.5) is 0 Å². The molecule has 0 bridgehead atoms. The largest absolute Gasteiger partial charge is 0.328 e. The number of rotatable bonds is 10. The van der Waals surface area contributed by atoms with Gasteiger partial charge in [0.15, 0.2) is 0 Å². The first-order valence-corrected chi connectivity index (χ1v) is 9.95. The van der Waals surface area contributed by atoms with Crippen LogP contribution in [0.5, 0.6) is 0 Å². The topological polar surface area (TPSA) is 17.8 Å². The van der Waals surface area contributed by atoms with Crippen molar-refractivity contribution in [2.75, 3.05) is 0 Å². The number of aromatic nitrogens is 2. The number of para-hydroxylation sites is 2. The molecule has 0 saturated carbocycles. The fourth-order valence-electron chi connectivity index (χ4n) is 3.39. The number of nitrogens with zero attached hydrogens (tertiary/aromatic N) is 2. The van der Waals surface area contributed by atoms with Gasteiger partial charge in [0.1, 0.15) is 5.82 Å². The van der Waals surface area contributed by atoms with E-state index in [1.807, 2.05) is 0 Å². The fourth-order valence-corrected chi connectivity index (χ4v) is 3.39. The number of unbranched alkanes of at least 4 members (excludes halogenated alkanes) is 7. The van der Waals surface area contributed by atoms with Crippen LogP contribution in [-0.2, 0) is 13.0 Å². The van der Waals surface area contributed by atoms with Gasteiger partial charge < -0.3 is 4.57 Å². The van der Waals surface area contributed by atoms with Gasteiger partial charge >= 0.3 is 0 Å². The molecule has 2 nitrogen and oxygen atoms in total. The van der Waals surface area contributed by atoms with E-state index in [-0.39, 0.29) is 5.41 Å². The molecule has 1 aromatic carbocycles. The van der Waals surface area contributed by atoms with Gasteiger partial charge in [-0.3, -0.25) is 0 Å². The van der Waals surface area contributed by atoms with Crippen molar-refractivity contribution in [3.63, 3.8) is 0 Å². The van der Waals surface area contributed by atoms with Crippen LogP contribution in [0.1, 0.15) is 84.9 Å². The zero-order chi connectivity index (χ0) is 17.4. The Hall–Kier alpha value is -1.31. The number of hydrogen-bond acceptors (Lipinski definition) is 1. The molecule has 0 N–H and O–H groups in total. The summed E-state index contributed by atoms with van der Waals surface area (Å²) in [6.07, 6.45) is 12.0. The maximum Gasteiger partial charge on any atom is 0.110 e. The standard InChI is InChI=1S/C22H36N2/c1-5-6-7-8-9-10-11-14-17-24-20-16-13-12-15-19(20)23-21(24)18-22(2,3)4/h12-13,15-16H,5-11,14,17-18H2,1-4H3. The van der Waals surface area contributed by atoms with Gasteiger partial charge in [-0.2, -0.15) is 0 Å². The van der Waals surface area contributed by atoms with Crippen LogP contribution in [-0.4, -0.2) is 9.55 Å². The maximum atomic E-state index is 4.91. The summed E-state index contributed by atoms with van der Waals surface area (Å²) in [5.74, 6) is 1.26. The Morgan fingerprint density at radius 1 is 0.875 bits per heavy atom. The molecule has 1 aromatic heterocycles. The Morgan fingerprint density at radius 2 is 1.50 bits per heavy atom. The highest BCUT2D eigenvalue weighted by Gasteiger charge is 2.17. The lowest BCUT2D eigenvalue weighted by atomic mass is 9.92. The molecule has 0 unspecified atom stereocenters. The van der Waals surface area contributed by atoms with Crippen molar-refractivity contribution < 1.29 is 0 Å². The van der Waals surface area contributed by atoms with Gasteiger partial charge in [-0.25, -0.2) is 4.98 Å². The lowest BCUT2D eigenvalue weighted by Crippen LogP contribution is -2.14. The van der Waals surface area contributed by atoms with Crippen LogP contribution in [0.2, 0.25) is 0 Å². The van der Waals surface area contributed by atoms with Crippen molar-refractivity contribution in [3.05, 3.63) is 30.1 Å². The van der Waals surface area contributed by atoms with Gasteiger partial charge in [-0.1, -0.05) is 84.8 Å². The minimum atomic E-state index is 0.276. The van der Waals surface area contributed by atoms with Crippen LogP contribution in [0, 0.1) is 5.41 Å². The average molecular weight is 329 g/mol. The predicted molar refractivity (Wildman–Crippen MR) is 106 cm³/mol. The quantitative estimate of drug-likeness (QED) is 0.440. The minimum Gasteiger partial charge on any atom is -0.328 e. The second-order valence-electron chi connectivity index (χ2n) is 8.38. The van der Waals surface area contributed by atoms with E-state index in [0.717, 1.165) is 18.5 Å². The van der Waals surface area contributed by atoms with Crippen LogP contribution >= 0.6 is 0 Å². The summed E-state index contributed by atoms with van der Waals surface area (Å²) in [6.45, 7) is 10.3. The molecule has 2 aromatic rings. The lowest BCUT2D eigenvalue weighted by molar-refractivity contribution is 0.391. The summed E-state index contributed by atoms with van der Waals surface area (Å²) in [5, 5.41) is 0. The molecule has 0 aliphatic heterocycles. The molecule has 0 atom stereocenters. The number of benzene rings is 1. The lowest BCUT2D eigenvalue weighted by Gasteiger charge is -2.19. The summed E-state index contributed by atoms with van der Waals surface area (Å²) >= 11 is 0. The molecule has 0 aliphatic rings. The highest BCUT2D eigenvalue weighted by atomic mass is 15.1. The molecule has 2 rings (SSSR count). The third-order valence-corrected chi connectivity index (χ3v) is 4.66. The Balaban J connectivity index is 1.91. The minimum absolute atomic E-state index is 0.276. The van der Waals surface area contributed by atoms with E-state index < -0.39 is 0 Å². The van der Waals surface area contributed by atoms with Crippen molar-refractivity contribution in [2.24, 2.45) is 5.41 Å². The van der Waals surface area contributed by atoms with Gasteiger partial charge in [0.25, 0.3) is 0 Å². The van der Waals surface area contributed by atoms with Crippen LogP contribution in [0.15, 0.2) is 24.3 Å². The van der Waals surface area contributed by atoms with Crippen molar-refractivity contribution in [3.8, 4) is 0 Å². The number of imidazole rings is 1. The first kappa shape index (κ1) is 19.0. The Bertz CT molecular complexity index is 604. The van der Waals surface area contributed by atoms with Crippen LogP contribution in [0.25, 0.3) is 11.0 Å². The molecule has 0 fully saturated rings. The molecule has 0 radical (unpaired) electrons. The number of hydrogen-bond donors (Lipinski definition) is 0. The summed E-state index contributed by atoms with van der Waals surface area (Å²) < 4.78 is 2.47. The van der Waals surface area contributed by atoms with Gasteiger partial charge in [0, 0.05) is 13.0 Å². The third-order valence-electron chi connectivity index (χ3n) is 4.66. The van der Waals surface area contributed by atoms with Crippen molar-refractivity contribution >= 4 is 11.0 Å². The van der Waals surface area contributed by atoms with Gasteiger partial charge in [-0.15, -0.1) is 0 Å². The van der Waals surface area contributed by atoms with Gasteiger partial charge in [0.05, 0.1) is 11.0 Å². The molecular formula is C22H36N2. The van der Waals surface area contributed by atoms with E-state index in [1.165, 1.54) is 62.7 Å². The van der Waals surface area contributed by atoms with E-state index in [2.05, 4.69) is 56.5 Å². The molecule has 2 heteroatoms. The van der Waals surface area contributed by atoms with Crippen molar-refractivity contribution in [2.45, 2.75) is 92.0 Å². The predicted octanol–water partition coefficient (Wildman–Crippen LogP) is 6.77. The molecule has 0 spiro atoms. The summed E-state index contributed by atoms with van der Waals surface area (Å²) in [6, 6.07) is 8.59. The van der Waals surface area contributed by atoms with Crippen LogP contribution < -0.4 is 0 Å². The molecule has 134 valence electrons. The molecule has 0 amide bonds. The molecule has 0 saturated heterocycles. The summed E-state index contributed by atoms with van der Waals surface area (Å²) in [7, 11) is 0. The first-order valence-electron chi connectivity index (χ1n) is 9.95. The Morgan fingerprint density at radius 3 is 2.17 bits per heavy atom. The highest BCUT2D eigenvalue weighted by Crippen LogP contribution is 2.24. The SMILES string of the molecule is CCCCCCCCCCn1c(CC(C)(C)C)nc2ccccc21. The number of aryl methyl sites for hydroxylation is 1. The molecule has 0 aliphatic carbocycles. The number of fused-ring (bicyclic) bond motifs is 1. The first-order chi connectivity index (χ1) is 11.5. The van der Waals surface area contributed by atoms with E-state index >= 15 is 0 Å². The summed E-state index contributed by atoms with van der Waals surface area (Å²) in [5.41, 5.74) is 2.73. The molecule has 1 heterocycles. The smallest absolute Gasteiger partial charge is 0.110 e. The zero-order valence-electron chi connectivity index (χ0n) is 16.3. The molecule has 24 heavy (non-hydrogen) atoms. The second kappa shape index (κ2) is 9.25. The Labute approximate surface area is 148 Å². The molecular weight excluding hydrogens is 292 g/mol. The fraction of sp³-hybridized carbons (Fsp3) is 0.682. The van der Waals surface area contributed by atoms with Gasteiger partial charge in [-0.05, 0) is 24.0 Å². The normalized spacial score (nSPS) is 12.2. The summed E-state index contributed by atoms with van der Waals surface area (Å²) in [4.78, 5) is 4.91. The maximum absolute atomic E-state index is 4.91. The van der Waals surface area contributed by atoms with E-state index in [9.17, 15) is 0 Å². The van der Waals surface area contributed by atoms with E-state index in [1.54, 1.807) is 0 Å². The zero-order valence-corrected chi connectivity index (χ0v) is 16.3. The van der Waals surface area contributed by atoms with Crippen molar-refractivity contribution in [1.29, 1.82) is 0 Å². The van der Waals surface area contributed by atoms with Crippen LogP contribution in [0.3, 0.4) is 0 Å². The third kappa shape index (κ3) is 5.96.